The number of fused-ring (bicyclic) bond motifs is 1. The van der Waals surface area contributed by atoms with E-state index in [9.17, 15) is 14.4 Å². The average molecular weight is 421 g/mol. The van der Waals surface area contributed by atoms with Crippen molar-refractivity contribution in [3.8, 4) is 0 Å². The fraction of sp³-hybridized carbons (Fsp3) is 0.682. The van der Waals surface area contributed by atoms with Crippen LogP contribution >= 0.6 is 11.3 Å². The molecule has 29 heavy (non-hydrogen) atoms. The zero-order valence-electron chi connectivity index (χ0n) is 17.3. The number of carbonyl (C=O) groups excluding carboxylic acids is 3. The van der Waals surface area contributed by atoms with Crippen molar-refractivity contribution in [3.05, 3.63) is 16.0 Å². The van der Waals surface area contributed by atoms with Gasteiger partial charge in [0, 0.05) is 11.3 Å². The number of carbonyl (C=O) groups is 3. The van der Waals surface area contributed by atoms with Gasteiger partial charge in [-0.25, -0.2) is 0 Å². The van der Waals surface area contributed by atoms with Gasteiger partial charge in [0.15, 0.2) is 6.61 Å². The van der Waals surface area contributed by atoms with Crippen molar-refractivity contribution in [1.82, 2.24) is 0 Å². The van der Waals surface area contributed by atoms with Crippen LogP contribution in [-0.2, 0) is 27.2 Å². The van der Waals surface area contributed by atoms with Gasteiger partial charge in [-0.1, -0.05) is 39.0 Å². The average Bonchev–Trinajstić information content (AvgIpc) is 3.04. The Hall–Kier alpha value is -1.89. The minimum atomic E-state index is -0.521. The molecule has 1 saturated carbocycles. The smallest absolute Gasteiger partial charge is 0.306 e. The molecular weight excluding hydrogens is 388 g/mol. The molecule has 1 heterocycles. The summed E-state index contributed by atoms with van der Waals surface area (Å²) in [5.41, 5.74) is 6.95. The van der Waals surface area contributed by atoms with E-state index in [1.165, 1.54) is 43.4 Å². The summed E-state index contributed by atoms with van der Waals surface area (Å²) >= 11 is 1.41. The molecule has 1 atom stereocenters. The summed E-state index contributed by atoms with van der Waals surface area (Å²) in [6, 6.07) is 0. The topological polar surface area (TPSA) is 98.5 Å². The largest absolute Gasteiger partial charge is 0.456 e. The first-order valence-electron chi connectivity index (χ1n) is 10.8. The van der Waals surface area contributed by atoms with Crippen LogP contribution in [0, 0.1) is 11.8 Å². The highest BCUT2D eigenvalue weighted by atomic mass is 32.1. The summed E-state index contributed by atoms with van der Waals surface area (Å²) in [7, 11) is 0. The minimum absolute atomic E-state index is 0.334. The number of hydrogen-bond acceptors (Lipinski definition) is 5. The van der Waals surface area contributed by atoms with Crippen LogP contribution in [0.5, 0.6) is 0 Å². The lowest BCUT2D eigenvalue weighted by Gasteiger charge is -2.20. The molecule has 160 valence electrons. The zero-order valence-corrected chi connectivity index (χ0v) is 18.1. The van der Waals surface area contributed by atoms with E-state index >= 15 is 0 Å². The number of nitrogens with one attached hydrogen (secondary N) is 1. The highest BCUT2D eigenvalue weighted by molar-refractivity contribution is 7.17. The van der Waals surface area contributed by atoms with Gasteiger partial charge in [-0.05, 0) is 49.5 Å². The van der Waals surface area contributed by atoms with Crippen molar-refractivity contribution in [2.75, 3.05) is 11.9 Å². The molecule has 0 bridgehead atoms. The molecule has 0 aliphatic heterocycles. The van der Waals surface area contributed by atoms with E-state index in [2.05, 4.69) is 12.2 Å². The number of amides is 2. The summed E-state index contributed by atoms with van der Waals surface area (Å²) in [5.74, 6) is -0.00291. The van der Waals surface area contributed by atoms with Crippen LogP contribution in [0.1, 0.15) is 85.5 Å². The molecule has 0 unspecified atom stereocenters. The van der Waals surface area contributed by atoms with Crippen LogP contribution in [0.2, 0.25) is 0 Å². The molecule has 1 aromatic rings. The summed E-state index contributed by atoms with van der Waals surface area (Å²) in [6.07, 6.45) is 11.4. The first-order valence-corrected chi connectivity index (χ1v) is 11.7. The normalized spacial score (nSPS) is 19.4. The van der Waals surface area contributed by atoms with Gasteiger partial charge in [0.25, 0.3) is 11.8 Å². The Morgan fingerprint density at radius 2 is 1.93 bits per heavy atom. The van der Waals surface area contributed by atoms with E-state index in [-0.39, 0.29) is 12.6 Å². The van der Waals surface area contributed by atoms with Gasteiger partial charge in [0.1, 0.15) is 5.00 Å². The van der Waals surface area contributed by atoms with Crippen LogP contribution in [0.25, 0.3) is 0 Å². The Kier molecular flexibility index (Phi) is 7.70. The Labute approximate surface area is 176 Å². The SMILES string of the molecule is C[C@@H]1CCc2c(sc(NC(=O)COC(=O)CCCC3CCCCC3)c2C(N)=O)C1. The number of esters is 1. The van der Waals surface area contributed by atoms with Gasteiger partial charge < -0.3 is 15.8 Å². The summed E-state index contributed by atoms with van der Waals surface area (Å²) in [6.45, 7) is 1.85. The summed E-state index contributed by atoms with van der Waals surface area (Å²) < 4.78 is 5.12. The molecule has 3 rings (SSSR count). The van der Waals surface area contributed by atoms with E-state index in [4.69, 9.17) is 10.5 Å². The molecule has 2 amide bonds. The van der Waals surface area contributed by atoms with E-state index in [0.717, 1.165) is 48.5 Å². The number of primary amides is 1. The van der Waals surface area contributed by atoms with Gasteiger partial charge in [0.2, 0.25) is 0 Å². The first-order chi connectivity index (χ1) is 13.9. The van der Waals surface area contributed by atoms with Crippen molar-refractivity contribution >= 4 is 34.1 Å². The number of rotatable bonds is 8. The zero-order chi connectivity index (χ0) is 20.8. The maximum absolute atomic E-state index is 12.3. The monoisotopic (exact) mass is 420 g/mol. The number of ether oxygens (including phenoxy) is 1. The molecule has 3 N–H and O–H groups in total. The number of thiophene rings is 1. The number of anilines is 1. The summed E-state index contributed by atoms with van der Waals surface area (Å²) in [4.78, 5) is 37.2. The lowest BCUT2D eigenvalue weighted by Crippen LogP contribution is -2.23. The summed E-state index contributed by atoms with van der Waals surface area (Å²) in [5, 5.41) is 3.21. The van der Waals surface area contributed by atoms with E-state index in [0.29, 0.717) is 22.9 Å². The third kappa shape index (κ3) is 6.04. The van der Waals surface area contributed by atoms with Gasteiger partial charge in [-0.2, -0.15) is 0 Å². The van der Waals surface area contributed by atoms with Crippen LogP contribution in [0.15, 0.2) is 0 Å². The standard InChI is InChI=1S/C22H32N2O4S/c1-14-10-11-16-17(12-14)29-22(20(16)21(23)27)24-18(25)13-28-19(26)9-5-8-15-6-3-2-4-7-15/h14-15H,2-13H2,1H3,(H2,23,27)(H,24,25)/t14-/m1/s1. The molecule has 2 aliphatic carbocycles. The van der Waals surface area contributed by atoms with Crippen molar-refractivity contribution in [2.24, 2.45) is 17.6 Å². The Bertz CT molecular complexity index is 752. The van der Waals surface area contributed by atoms with Crippen molar-refractivity contribution in [1.29, 1.82) is 0 Å². The van der Waals surface area contributed by atoms with Crippen molar-refractivity contribution < 1.29 is 19.1 Å². The molecule has 2 aliphatic rings. The van der Waals surface area contributed by atoms with Crippen LogP contribution < -0.4 is 11.1 Å². The second-order valence-corrected chi connectivity index (χ2v) is 9.63. The van der Waals surface area contributed by atoms with E-state index in [1.807, 2.05) is 0 Å². The third-order valence-electron chi connectivity index (χ3n) is 6.09. The molecule has 0 aromatic carbocycles. The number of hydrogen-bond donors (Lipinski definition) is 2. The fourth-order valence-corrected chi connectivity index (χ4v) is 5.92. The Balaban J connectivity index is 1.45. The van der Waals surface area contributed by atoms with Gasteiger partial charge >= 0.3 is 5.97 Å². The molecule has 0 radical (unpaired) electrons. The Morgan fingerprint density at radius 3 is 2.66 bits per heavy atom. The van der Waals surface area contributed by atoms with Gasteiger partial charge in [-0.3, -0.25) is 14.4 Å². The maximum Gasteiger partial charge on any atom is 0.306 e. The van der Waals surface area contributed by atoms with Crippen LogP contribution in [0.3, 0.4) is 0 Å². The molecule has 1 aromatic heterocycles. The predicted molar refractivity (Wildman–Crippen MR) is 114 cm³/mol. The quantitative estimate of drug-likeness (QED) is 0.616. The molecular formula is C22H32N2O4S. The molecule has 0 saturated heterocycles. The van der Waals surface area contributed by atoms with Crippen LogP contribution in [0.4, 0.5) is 5.00 Å². The molecule has 0 spiro atoms. The fourth-order valence-electron chi connectivity index (χ4n) is 4.49. The van der Waals surface area contributed by atoms with Crippen LogP contribution in [-0.4, -0.2) is 24.4 Å². The molecule has 1 fully saturated rings. The van der Waals surface area contributed by atoms with Gasteiger partial charge in [0.05, 0.1) is 5.56 Å². The minimum Gasteiger partial charge on any atom is -0.456 e. The van der Waals surface area contributed by atoms with Crippen molar-refractivity contribution in [3.63, 3.8) is 0 Å². The maximum atomic E-state index is 12.3. The Morgan fingerprint density at radius 1 is 1.17 bits per heavy atom. The second-order valence-electron chi connectivity index (χ2n) is 8.53. The number of nitrogens with two attached hydrogens (primary N) is 1. The van der Waals surface area contributed by atoms with Gasteiger partial charge in [-0.15, -0.1) is 11.3 Å². The molecule has 7 heteroatoms. The van der Waals surface area contributed by atoms with E-state index in [1.54, 1.807) is 0 Å². The second kappa shape index (κ2) is 10.2. The first kappa shape index (κ1) is 21.8. The predicted octanol–water partition coefficient (Wildman–Crippen LogP) is 4.20. The van der Waals surface area contributed by atoms with E-state index < -0.39 is 11.8 Å². The molecule has 6 nitrogen and oxygen atoms in total. The highest BCUT2D eigenvalue weighted by Crippen LogP contribution is 2.39. The van der Waals surface area contributed by atoms with Crippen molar-refractivity contribution in [2.45, 2.75) is 77.6 Å². The lowest BCUT2D eigenvalue weighted by molar-refractivity contribution is -0.147. The third-order valence-corrected chi connectivity index (χ3v) is 7.26. The highest BCUT2D eigenvalue weighted by Gasteiger charge is 2.27. The lowest BCUT2D eigenvalue weighted by atomic mass is 9.86.